The van der Waals surface area contributed by atoms with Gasteiger partial charge in [-0.1, -0.05) is 32.9 Å². The minimum Gasteiger partial charge on any atom is -0.460 e. The van der Waals surface area contributed by atoms with Crippen molar-refractivity contribution in [3.05, 3.63) is 34.7 Å². The van der Waals surface area contributed by atoms with E-state index in [1.807, 2.05) is 20.8 Å². The summed E-state index contributed by atoms with van der Waals surface area (Å²) in [6, 6.07) is 5.23. The van der Waals surface area contributed by atoms with Gasteiger partial charge in [0.25, 0.3) is 0 Å². The van der Waals surface area contributed by atoms with Gasteiger partial charge in [0.2, 0.25) is 5.91 Å². The average Bonchev–Trinajstić information content (AvgIpc) is 3.26. The number of amides is 2. The van der Waals surface area contributed by atoms with E-state index in [0.717, 1.165) is 4.57 Å². The van der Waals surface area contributed by atoms with Gasteiger partial charge in [0.15, 0.2) is 0 Å². The molecule has 10 nitrogen and oxygen atoms in total. The van der Waals surface area contributed by atoms with Crippen molar-refractivity contribution >= 4 is 28.9 Å². The number of benzene rings is 1. The van der Waals surface area contributed by atoms with Crippen molar-refractivity contribution in [3.8, 4) is 0 Å². The molecule has 1 aromatic heterocycles. The van der Waals surface area contributed by atoms with E-state index in [2.05, 4.69) is 10.6 Å². The number of ether oxygens (including phenoxy) is 1. The second-order valence-corrected chi connectivity index (χ2v) is 8.98. The van der Waals surface area contributed by atoms with Gasteiger partial charge < -0.3 is 20.5 Å². The highest BCUT2D eigenvalue weighted by Gasteiger charge is 2.34. The number of nitrogens with one attached hydrogen (secondary N) is 2. The van der Waals surface area contributed by atoms with Gasteiger partial charge >= 0.3 is 17.7 Å². The van der Waals surface area contributed by atoms with Crippen LogP contribution < -0.4 is 16.3 Å². The van der Waals surface area contributed by atoms with Crippen LogP contribution in [0.2, 0.25) is 0 Å². The molecule has 0 spiro atoms. The number of aliphatic hydroxyl groups excluding tert-OH is 1. The average molecular weight is 447 g/mol. The first-order valence-electron chi connectivity index (χ1n) is 10.7. The number of esters is 1. The number of carbonyl (C=O) groups is 3. The Hall–Kier alpha value is -3.14. The molecule has 1 aliphatic heterocycles. The van der Waals surface area contributed by atoms with Crippen LogP contribution in [-0.4, -0.2) is 57.4 Å². The first-order valence-corrected chi connectivity index (χ1v) is 10.7. The highest BCUT2D eigenvalue weighted by atomic mass is 16.5. The van der Waals surface area contributed by atoms with Gasteiger partial charge in [0.1, 0.15) is 12.1 Å². The molecule has 3 N–H and O–H groups in total. The maximum absolute atomic E-state index is 13.2. The monoisotopic (exact) mass is 446 g/mol. The molecule has 174 valence electrons. The number of fused-ring (bicyclic) bond motifs is 1. The maximum Gasteiger partial charge on any atom is 0.337 e. The van der Waals surface area contributed by atoms with Crippen LogP contribution in [0.4, 0.5) is 4.79 Å². The molecular formula is C22H30N4O6. The van der Waals surface area contributed by atoms with Crippen molar-refractivity contribution in [2.24, 2.45) is 5.41 Å². The smallest absolute Gasteiger partial charge is 0.337 e. The summed E-state index contributed by atoms with van der Waals surface area (Å²) in [7, 11) is 0. The van der Waals surface area contributed by atoms with Crippen LogP contribution in [0.15, 0.2) is 29.1 Å². The van der Waals surface area contributed by atoms with Gasteiger partial charge in [-0.05, 0) is 30.4 Å². The molecule has 2 amide bonds. The zero-order valence-corrected chi connectivity index (χ0v) is 18.6. The molecule has 1 aliphatic rings. The zero-order valence-electron chi connectivity index (χ0n) is 18.6. The predicted octanol–water partition coefficient (Wildman–Crippen LogP) is 0.980. The first kappa shape index (κ1) is 23.5. The number of aromatic nitrogens is 2. The SMILES string of the molecule is CC(C)(C)[C@H](NC(=O)n1c(=O)n(C[C@H]2CCC(=O)O2)c2ccccc21)C(=O)NCCCO. The van der Waals surface area contributed by atoms with E-state index >= 15 is 0 Å². The Morgan fingerprint density at radius 3 is 2.50 bits per heavy atom. The second kappa shape index (κ2) is 9.56. The quantitative estimate of drug-likeness (QED) is 0.429. The molecule has 1 saturated heterocycles. The van der Waals surface area contributed by atoms with Crippen LogP contribution in [0, 0.1) is 5.41 Å². The van der Waals surface area contributed by atoms with E-state index in [4.69, 9.17) is 9.84 Å². The number of imidazole rings is 1. The van der Waals surface area contributed by atoms with Crippen LogP contribution in [0.1, 0.15) is 40.0 Å². The largest absolute Gasteiger partial charge is 0.460 e. The Kier molecular flexibility index (Phi) is 7.02. The topological polar surface area (TPSA) is 132 Å². The lowest BCUT2D eigenvalue weighted by Crippen LogP contribution is -2.55. The summed E-state index contributed by atoms with van der Waals surface area (Å²) in [6.45, 7) is 5.79. The van der Waals surface area contributed by atoms with Crippen molar-refractivity contribution < 1.29 is 24.2 Å². The van der Waals surface area contributed by atoms with Gasteiger partial charge in [0, 0.05) is 19.6 Å². The van der Waals surface area contributed by atoms with E-state index in [1.165, 1.54) is 4.57 Å². The summed E-state index contributed by atoms with van der Waals surface area (Å²) in [5.74, 6) is -0.696. The lowest BCUT2D eigenvalue weighted by atomic mass is 9.86. The van der Waals surface area contributed by atoms with E-state index in [0.29, 0.717) is 30.3 Å². The van der Waals surface area contributed by atoms with Gasteiger partial charge in [-0.2, -0.15) is 0 Å². The zero-order chi connectivity index (χ0) is 23.5. The summed E-state index contributed by atoms with van der Waals surface area (Å²) in [5, 5.41) is 14.3. The van der Waals surface area contributed by atoms with Gasteiger partial charge in [-0.25, -0.2) is 14.2 Å². The number of para-hydroxylation sites is 2. The molecule has 0 bridgehead atoms. The molecular weight excluding hydrogens is 416 g/mol. The van der Waals surface area contributed by atoms with Crippen LogP contribution in [0.25, 0.3) is 11.0 Å². The normalized spacial score (nSPS) is 17.2. The van der Waals surface area contributed by atoms with Gasteiger partial charge in [0.05, 0.1) is 17.6 Å². The summed E-state index contributed by atoms with van der Waals surface area (Å²) in [6.07, 6.45) is 0.783. The van der Waals surface area contributed by atoms with E-state index in [-0.39, 0.29) is 25.7 Å². The third-order valence-electron chi connectivity index (χ3n) is 5.42. The third-order valence-corrected chi connectivity index (χ3v) is 5.42. The van der Waals surface area contributed by atoms with Gasteiger partial charge in [-0.3, -0.25) is 14.2 Å². The summed E-state index contributed by atoms with van der Waals surface area (Å²) >= 11 is 0. The fraction of sp³-hybridized carbons (Fsp3) is 0.545. The lowest BCUT2D eigenvalue weighted by molar-refractivity contribution is -0.141. The van der Waals surface area contributed by atoms with Crippen molar-refractivity contribution in [1.29, 1.82) is 0 Å². The fourth-order valence-corrected chi connectivity index (χ4v) is 3.75. The van der Waals surface area contributed by atoms with Crippen molar-refractivity contribution in [2.45, 2.75) is 58.7 Å². The molecule has 3 rings (SSSR count). The number of carbonyl (C=O) groups excluding carboxylic acids is 3. The van der Waals surface area contributed by atoms with E-state index in [1.54, 1.807) is 24.3 Å². The van der Waals surface area contributed by atoms with E-state index in [9.17, 15) is 19.2 Å². The molecule has 0 saturated carbocycles. The van der Waals surface area contributed by atoms with Crippen molar-refractivity contribution in [3.63, 3.8) is 0 Å². The van der Waals surface area contributed by atoms with Crippen LogP contribution in [0.5, 0.6) is 0 Å². The number of cyclic esters (lactones) is 1. The molecule has 0 aliphatic carbocycles. The summed E-state index contributed by atoms with van der Waals surface area (Å²) < 4.78 is 7.68. The number of rotatable bonds is 7. The number of aliphatic hydroxyl groups is 1. The molecule has 1 aromatic carbocycles. The Morgan fingerprint density at radius 2 is 1.91 bits per heavy atom. The third kappa shape index (κ3) is 5.01. The standard InChI is InChI=1S/C22H30N4O6/c1-22(2,3)18(19(29)23-11-6-12-27)24-20(30)26-16-8-5-4-7-15(16)25(21(26)31)13-14-9-10-17(28)32-14/h4-5,7-8,14,18,27H,6,9-13H2,1-3H3,(H,23,29)(H,24,30)/t14-,18-/m1/s1. The molecule has 0 radical (unpaired) electrons. The molecule has 2 aromatic rings. The molecule has 2 atom stereocenters. The summed E-state index contributed by atoms with van der Waals surface area (Å²) in [5.41, 5.74) is -0.262. The number of hydrogen-bond donors (Lipinski definition) is 3. The number of nitrogens with zero attached hydrogens (tertiary/aromatic N) is 2. The highest BCUT2D eigenvalue weighted by Crippen LogP contribution is 2.21. The molecule has 1 fully saturated rings. The van der Waals surface area contributed by atoms with E-state index < -0.39 is 35.2 Å². The summed E-state index contributed by atoms with van der Waals surface area (Å²) in [4.78, 5) is 50.6. The maximum atomic E-state index is 13.2. The predicted molar refractivity (Wildman–Crippen MR) is 117 cm³/mol. The van der Waals surface area contributed by atoms with Crippen LogP contribution in [0.3, 0.4) is 0 Å². The van der Waals surface area contributed by atoms with Crippen molar-refractivity contribution in [2.75, 3.05) is 13.2 Å². The fourth-order valence-electron chi connectivity index (χ4n) is 3.75. The Balaban J connectivity index is 1.91. The highest BCUT2D eigenvalue weighted by molar-refractivity contribution is 5.93. The lowest BCUT2D eigenvalue weighted by Gasteiger charge is -2.30. The van der Waals surface area contributed by atoms with Crippen LogP contribution in [-0.2, 0) is 20.9 Å². The van der Waals surface area contributed by atoms with Crippen LogP contribution >= 0.6 is 0 Å². The molecule has 10 heteroatoms. The first-order chi connectivity index (χ1) is 15.1. The second-order valence-electron chi connectivity index (χ2n) is 8.98. The molecule has 32 heavy (non-hydrogen) atoms. The number of hydrogen-bond acceptors (Lipinski definition) is 6. The Bertz CT molecular complexity index is 1060. The van der Waals surface area contributed by atoms with Crippen molar-refractivity contribution in [1.82, 2.24) is 19.8 Å². The minimum atomic E-state index is -0.904. The molecule has 2 heterocycles. The Labute approximate surface area is 185 Å². The Morgan fingerprint density at radius 1 is 1.22 bits per heavy atom. The van der Waals surface area contributed by atoms with Gasteiger partial charge in [-0.15, -0.1) is 0 Å². The minimum absolute atomic E-state index is 0.0575. The molecule has 0 unspecified atom stereocenters.